The van der Waals surface area contributed by atoms with Crippen molar-refractivity contribution < 1.29 is 19.1 Å². The fraction of sp³-hybridized carbons (Fsp3) is 0.500. The van der Waals surface area contributed by atoms with E-state index in [9.17, 15) is 9.59 Å². The zero-order valence-corrected chi connectivity index (χ0v) is 11.0. The number of methoxy groups -OCH3 is 2. The number of ether oxygens (including phenoxy) is 2. The number of hydrogen-bond donors (Lipinski definition) is 0. The Morgan fingerprint density at radius 3 is 2.84 bits per heavy atom. The van der Waals surface area contributed by atoms with Gasteiger partial charge in [0.25, 0.3) is 0 Å². The largest absolute Gasteiger partial charge is 0.468 e. The quantitative estimate of drug-likeness (QED) is 0.574. The molecule has 0 aromatic carbocycles. The van der Waals surface area contributed by atoms with Gasteiger partial charge in [-0.25, -0.2) is 4.98 Å². The summed E-state index contributed by atoms with van der Waals surface area (Å²) in [4.78, 5) is 33.8. The Balaban J connectivity index is 2.45. The third-order valence-corrected chi connectivity index (χ3v) is 3.08. The van der Waals surface area contributed by atoms with Crippen LogP contribution in [0, 0.1) is 5.92 Å². The van der Waals surface area contributed by atoms with E-state index in [4.69, 9.17) is 4.74 Å². The van der Waals surface area contributed by atoms with Gasteiger partial charge in [-0.15, -0.1) is 0 Å². The van der Waals surface area contributed by atoms with Gasteiger partial charge in [0.15, 0.2) is 5.78 Å². The van der Waals surface area contributed by atoms with Crippen LogP contribution in [0.3, 0.4) is 0 Å². The zero-order chi connectivity index (χ0) is 14.0. The van der Waals surface area contributed by atoms with E-state index in [-0.39, 0.29) is 18.3 Å². The van der Waals surface area contributed by atoms with Gasteiger partial charge in [0.1, 0.15) is 11.7 Å². The number of esters is 1. The molecule has 7 heteroatoms. The van der Waals surface area contributed by atoms with Gasteiger partial charge >= 0.3 is 12.0 Å². The minimum absolute atomic E-state index is 0.196. The molecule has 0 radical (unpaired) electrons. The highest BCUT2D eigenvalue weighted by atomic mass is 16.5. The third-order valence-electron chi connectivity index (χ3n) is 3.08. The first-order valence-electron chi connectivity index (χ1n) is 5.90. The van der Waals surface area contributed by atoms with Gasteiger partial charge in [0.05, 0.1) is 19.8 Å². The summed E-state index contributed by atoms with van der Waals surface area (Å²) in [7, 11) is 2.73. The highest BCUT2D eigenvalue weighted by Gasteiger charge is 2.38. The second-order valence-electron chi connectivity index (χ2n) is 4.07. The van der Waals surface area contributed by atoms with Crippen LogP contribution in [-0.2, 0) is 9.53 Å². The normalized spacial score (nSPS) is 17.9. The van der Waals surface area contributed by atoms with Gasteiger partial charge in [0.2, 0.25) is 0 Å². The standard InChI is InChI=1S/C12H15N3O4/c1-4-15-6-8(11(17)18-2)9(16)7-5-13-12(19-3)14-10(7)15/h5,8H,4,6H2,1-3H3/t8-/m0/s1. The summed E-state index contributed by atoms with van der Waals surface area (Å²) in [6.07, 6.45) is 1.39. The maximum Gasteiger partial charge on any atom is 0.318 e. The van der Waals surface area contributed by atoms with E-state index in [0.717, 1.165) is 0 Å². The minimum Gasteiger partial charge on any atom is -0.468 e. The molecule has 0 fully saturated rings. The number of aromatic nitrogens is 2. The molecule has 1 aliphatic rings. The number of anilines is 1. The van der Waals surface area contributed by atoms with Crippen LogP contribution in [0.4, 0.5) is 5.82 Å². The van der Waals surface area contributed by atoms with Crippen LogP contribution < -0.4 is 9.64 Å². The summed E-state index contributed by atoms with van der Waals surface area (Å²) in [5, 5.41) is 0. The topological polar surface area (TPSA) is 81.6 Å². The van der Waals surface area contributed by atoms with Crippen LogP contribution in [0.15, 0.2) is 6.20 Å². The number of rotatable bonds is 3. The molecule has 0 bridgehead atoms. The van der Waals surface area contributed by atoms with Gasteiger partial charge in [-0.05, 0) is 6.92 Å². The Kier molecular flexibility index (Phi) is 3.64. The lowest BCUT2D eigenvalue weighted by atomic mass is 9.94. The summed E-state index contributed by atoms with van der Waals surface area (Å²) >= 11 is 0. The molecule has 0 saturated carbocycles. The van der Waals surface area contributed by atoms with E-state index in [2.05, 4.69) is 14.7 Å². The third kappa shape index (κ3) is 2.23. The number of hydrogen-bond acceptors (Lipinski definition) is 7. The molecular formula is C12H15N3O4. The average Bonchev–Trinajstić information content (AvgIpc) is 2.46. The molecule has 0 spiro atoms. The summed E-state index contributed by atoms with van der Waals surface area (Å²) in [5.74, 6) is -1.17. The maximum atomic E-state index is 12.2. The van der Waals surface area contributed by atoms with E-state index in [0.29, 0.717) is 17.9 Å². The molecule has 1 aromatic heterocycles. The SMILES string of the molecule is CCN1C[C@H](C(=O)OC)C(=O)c2cnc(OC)nc21. The maximum absolute atomic E-state index is 12.2. The lowest BCUT2D eigenvalue weighted by Gasteiger charge is -2.31. The number of fused-ring (bicyclic) bond motifs is 1. The fourth-order valence-corrected chi connectivity index (χ4v) is 2.05. The predicted molar refractivity (Wildman–Crippen MR) is 66.3 cm³/mol. The number of Topliss-reactive ketones (excluding diaryl/α,β-unsaturated/α-hetero) is 1. The zero-order valence-electron chi connectivity index (χ0n) is 11.0. The van der Waals surface area contributed by atoms with Gasteiger partial charge in [0, 0.05) is 19.3 Å². The number of carbonyl (C=O) groups is 2. The molecule has 102 valence electrons. The predicted octanol–water partition coefficient (Wildman–Crippen LogP) is 0.297. The van der Waals surface area contributed by atoms with Crippen molar-refractivity contribution in [3.63, 3.8) is 0 Å². The molecule has 1 atom stereocenters. The first kappa shape index (κ1) is 13.3. The summed E-state index contributed by atoms with van der Waals surface area (Å²) in [6.45, 7) is 2.80. The molecule has 2 heterocycles. The van der Waals surface area contributed by atoms with Crippen molar-refractivity contribution >= 4 is 17.6 Å². The minimum atomic E-state index is -0.825. The lowest BCUT2D eigenvalue weighted by molar-refractivity contribution is -0.143. The van der Waals surface area contributed by atoms with Crippen molar-refractivity contribution in [2.24, 2.45) is 5.92 Å². The van der Waals surface area contributed by atoms with Crippen LogP contribution in [-0.4, -0.2) is 49.0 Å². The van der Waals surface area contributed by atoms with Crippen molar-refractivity contribution in [3.05, 3.63) is 11.8 Å². The van der Waals surface area contributed by atoms with Gasteiger partial charge < -0.3 is 14.4 Å². The number of carbonyl (C=O) groups excluding carboxylic acids is 2. The highest BCUT2D eigenvalue weighted by molar-refractivity contribution is 6.12. The fourth-order valence-electron chi connectivity index (χ4n) is 2.05. The van der Waals surface area contributed by atoms with Crippen LogP contribution in [0.2, 0.25) is 0 Å². The lowest BCUT2D eigenvalue weighted by Crippen LogP contribution is -2.43. The van der Waals surface area contributed by atoms with Gasteiger partial charge in [-0.2, -0.15) is 4.98 Å². The van der Waals surface area contributed by atoms with Crippen LogP contribution in [0.5, 0.6) is 6.01 Å². The Labute approximate surface area is 110 Å². The van der Waals surface area contributed by atoms with Crippen molar-refractivity contribution in [2.75, 3.05) is 32.2 Å². The second kappa shape index (κ2) is 5.21. The van der Waals surface area contributed by atoms with E-state index < -0.39 is 11.9 Å². The molecule has 0 aliphatic carbocycles. The molecule has 0 unspecified atom stereocenters. The molecule has 7 nitrogen and oxygen atoms in total. The molecule has 1 aromatic rings. The van der Waals surface area contributed by atoms with Crippen LogP contribution >= 0.6 is 0 Å². The smallest absolute Gasteiger partial charge is 0.318 e. The Hall–Kier alpha value is -2.18. The summed E-state index contributed by atoms with van der Waals surface area (Å²) < 4.78 is 9.61. The van der Waals surface area contributed by atoms with Gasteiger partial charge in [-0.3, -0.25) is 9.59 Å². The van der Waals surface area contributed by atoms with Crippen molar-refractivity contribution in [1.82, 2.24) is 9.97 Å². The number of nitrogens with zero attached hydrogens (tertiary/aromatic N) is 3. The van der Waals surface area contributed by atoms with E-state index in [1.165, 1.54) is 20.4 Å². The molecule has 0 amide bonds. The molecule has 1 aliphatic heterocycles. The second-order valence-corrected chi connectivity index (χ2v) is 4.07. The van der Waals surface area contributed by atoms with Crippen molar-refractivity contribution in [1.29, 1.82) is 0 Å². The summed E-state index contributed by atoms with van der Waals surface area (Å²) in [6, 6.07) is 0.196. The highest BCUT2D eigenvalue weighted by Crippen LogP contribution is 2.29. The Bertz CT molecular complexity index is 518. The molecule has 0 N–H and O–H groups in total. The van der Waals surface area contributed by atoms with Crippen molar-refractivity contribution in [3.8, 4) is 6.01 Å². The van der Waals surface area contributed by atoms with Crippen LogP contribution in [0.25, 0.3) is 0 Å². The molecule has 19 heavy (non-hydrogen) atoms. The first-order chi connectivity index (χ1) is 9.12. The average molecular weight is 265 g/mol. The monoisotopic (exact) mass is 265 g/mol. The molecule has 2 rings (SSSR count). The van der Waals surface area contributed by atoms with E-state index in [1.54, 1.807) is 0 Å². The summed E-state index contributed by atoms with van der Waals surface area (Å²) in [5.41, 5.74) is 0.323. The van der Waals surface area contributed by atoms with Crippen LogP contribution in [0.1, 0.15) is 17.3 Å². The van der Waals surface area contributed by atoms with Gasteiger partial charge in [-0.1, -0.05) is 0 Å². The van der Waals surface area contributed by atoms with E-state index >= 15 is 0 Å². The molecule has 0 saturated heterocycles. The number of ketones is 1. The Morgan fingerprint density at radius 2 is 2.26 bits per heavy atom. The van der Waals surface area contributed by atoms with Crippen molar-refractivity contribution in [2.45, 2.75) is 6.92 Å². The Morgan fingerprint density at radius 1 is 1.53 bits per heavy atom. The first-order valence-corrected chi connectivity index (χ1v) is 5.90. The van der Waals surface area contributed by atoms with E-state index in [1.807, 2.05) is 11.8 Å². The molecular weight excluding hydrogens is 250 g/mol.